The number of rotatable bonds is 6. The Morgan fingerprint density at radius 2 is 1.87 bits per heavy atom. The van der Waals surface area contributed by atoms with Gasteiger partial charge in [0.1, 0.15) is 6.54 Å². The van der Waals surface area contributed by atoms with E-state index in [0.29, 0.717) is 25.3 Å². The first-order valence-corrected chi connectivity index (χ1v) is 12.0. The second-order valence-electron chi connectivity index (χ2n) is 7.46. The Bertz CT molecular complexity index is 910. The van der Waals surface area contributed by atoms with Crippen molar-refractivity contribution >= 4 is 46.5 Å². The largest absolute Gasteiger partial charge is 0.354 e. The topological polar surface area (TPSA) is 69.7 Å². The van der Waals surface area contributed by atoms with E-state index < -0.39 is 5.25 Å². The number of likely N-dealkylation sites (tertiary alicyclic amines) is 1. The predicted octanol–water partition coefficient (Wildman–Crippen LogP) is 2.93. The third-order valence-electron chi connectivity index (χ3n) is 5.36. The van der Waals surface area contributed by atoms with E-state index in [1.54, 1.807) is 16.2 Å². The highest BCUT2D eigenvalue weighted by Crippen LogP contribution is 2.39. The summed E-state index contributed by atoms with van der Waals surface area (Å²) in [5.74, 6) is -0.657. The Hall–Kier alpha value is -2.32. The highest BCUT2D eigenvalue weighted by atomic mass is 32.2. The molecule has 2 aliphatic heterocycles. The summed E-state index contributed by atoms with van der Waals surface area (Å²) in [5, 5.41) is 4.09. The molecule has 1 aromatic heterocycles. The maximum absolute atomic E-state index is 13.2. The molecule has 1 aromatic carbocycles. The van der Waals surface area contributed by atoms with Gasteiger partial charge in [0.25, 0.3) is 5.91 Å². The molecule has 1 atom stereocenters. The fourth-order valence-corrected chi connectivity index (χ4v) is 5.69. The molecule has 4 rings (SSSR count). The van der Waals surface area contributed by atoms with Crippen molar-refractivity contribution in [2.45, 2.75) is 35.8 Å². The van der Waals surface area contributed by atoms with Crippen molar-refractivity contribution in [1.82, 2.24) is 10.2 Å². The Morgan fingerprint density at radius 1 is 1.07 bits per heavy atom. The molecule has 1 N–H and O–H groups in total. The number of hydrogen-bond donors (Lipinski definition) is 1. The van der Waals surface area contributed by atoms with E-state index in [-0.39, 0.29) is 24.3 Å². The van der Waals surface area contributed by atoms with Gasteiger partial charge in [0, 0.05) is 29.4 Å². The van der Waals surface area contributed by atoms with Crippen molar-refractivity contribution in [3.8, 4) is 0 Å². The van der Waals surface area contributed by atoms with Crippen molar-refractivity contribution in [2.75, 3.05) is 31.1 Å². The molecule has 0 aliphatic carbocycles. The quantitative estimate of drug-likeness (QED) is 0.697. The third kappa shape index (κ3) is 4.70. The summed E-state index contributed by atoms with van der Waals surface area (Å²) in [6.45, 7) is 1.85. The number of thioether (sulfide) groups is 1. The molecule has 2 aliphatic rings. The Labute approximate surface area is 184 Å². The van der Waals surface area contributed by atoms with Crippen LogP contribution in [0.25, 0.3) is 0 Å². The number of anilines is 1. The first kappa shape index (κ1) is 20.9. The molecule has 0 radical (unpaired) electrons. The Balaban J connectivity index is 1.45. The van der Waals surface area contributed by atoms with Gasteiger partial charge in [-0.3, -0.25) is 14.4 Å². The standard InChI is InChI=1S/C22H25N3O3S2/c26-19(23-11-10-16-7-6-14-29-16)15-25-17-8-2-3-9-18(17)30-20(22(25)28)21(27)24-12-4-1-5-13-24/h2-3,6-9,14,20H,1,4-5,10-13,15H2,(H,23,26)/t20-/m1/s1. The van der Waals surface area contributed by atoms with E-state index in [0.717, 1.165) is 30.6 Å². The number of nitrogens with one attached hydrogen (secondary N) is 1. The van der Waals surface area contributed by atoms with Gasteiger partial charge in [-0.05, 0) is 49.3 Å². The lowest BCUT2D eigenvalue weighted by Gasteiger charge is -2.36. The number of carbonyl (C=O) groups excluding carboxylic acids is 3. The number of amides is 3. The summed E-state index contributed by atoms with van der Waals surface area (Å²) in [5.41, 5.74) is 0.698. The summed E-state index contributed by atoms with van der Waals surface area (Å²) in [7, 11) is 0. The van der Waals surface area contributed by atoms with Gasteiger partial charge in [-0.15, -0.1) is 23.1 Å². The zero-order chi connectivity index (χ0) is 20.9. The first-order valence-electron chi connectivity index (χ1n) is 10.3. The maximum Gasteiger partial charge on any atom is 0.250 e. The highest BCUT2D eigenvalue weighted by molar-refractivity contribution is 8.01. The van der Waals surface area contributed by atoms with Crippen molar-refractivity contribution in [3.63, 3.8) is 0 Å². The van der Waals surface area contributed by atoms with E-state index in [4.69, 9.17) is 0 Å². The van der Waals surface area contributed by atoms with Gasteiger partial charge in [-0.2, -0.15) is 0 Å². The normalized spacial score (nSPS) is 18.8. The van der Waals surface area contributed by atoms with Gasteiger partial charge in [0.15, 0.2) is 5.25 Å². The number of piperidine rings is 1. The van der Waals surface area contributed by atoms with Crippen LogP contribution in [-0.2, 0) is 20.8 Å². The van der Waals surface area contributed by atoms with Gasteiger partial charge in [-0.1, -0.05) is 18.2 Å². The first-order chi connectivity index (χ1) is 14.6. The lowest BCUT2D eigenvalue weighted by Crippen LogP contribution is -2.52. The molecule has 3 amide bonds. The van der Waals surface area contributed by atoms with Crippen LogP contribution in [0, 0.1) is 0 Å². The molecule has 8 heteroatoms. The average molecular weight is 444 g/mol. The maximum atomic E-state index is 13.2. The molecule has 1 saturated heterocycles. The number of hydrogen-bond acceptors (Lipinski definition) is 5. The van der Waals surface area contributed by atoms with Crippen LogP contribution in [0.4, 0.5) is 5.69 Å². The van der Waals surface area contributed by atoms with Gasteiger partial charge in [0.2, 0.25) is 11.8 Å². The molecular formula is C22H25N3O3S2. The van der Waals surface area contributed by atoms with Crippen molar-refractivity contribution in [3.05, 3.63) is 46.7 Å². The zero-order valence-corrected chi connectivity index (χ0v) is 18.3. The van der Waals surface area contributed by atoms with Crippen molar-refractivity contribution in [1.29, 1.82) is 0 Å². The predicted molar refractivity (Wildman–Crippen MR) is 120 cm³/mol. The molecule has 0 unspecified atom stereocenters. The van der Waals surface area contributed by atoms with Gasteiger partial charge < -0.3 is 15.1 Å². The van der Waals surface area contributed by atoms with Gasteiger partial charge >= 0.3 is 0 Å². The van der Waals surface area contributed by atoms with Crippen LogP contribution in [0.15, 0.2) is 46.7 Å². The second kappa shape index (κ2) is 9.66. The molecule has 1 fully saturated rings. The minimum absolute atomic E-state index is 0.0787. The SMILES string of the molecule is O=C(CN1C(=O)[C@@H](C(=O)N2CCCCC2)Sc2ccccc21)NCCc1cccs1. The van der Waals surface area contributed by atoms with Crippen molar-refractivity contribution in [2.24, 2.45) is 0 Å². The molecule has 158 valence electrons. The van der Waals surface area contributed by atoms with E-state index in [9.17, 15) is 14.4 Å². The summed E-state index contributed by atoms with van der Waals surface area (Å²) >= 11 is 2.96. The van der Waals surface area contributed by atoms with Crippen LogP contribution in [0.1, 0.15) is 24.1 Å². The molecule has 3 heterocycles. The fourth-order valence-electron chi connectivity index (χ4n) is 3.80. The van der Waals surface area contributed by atoms with Gasteiger partial charge in [0.05, 0.1) is 5.69 Å². The smallest absolute Gasteiger partial charge is 0.250 e. The summed E-state index contributed by atoms with van der Waals surface area (Å²) in [6, 6.07) is 11.5. The number of thiophene rings is 1. The van der Waals surface area contributed by atoms with Gasteiger partial charge in [-0.25, -0.2) is 0 Å². The average Bonchev–Trinajstić information content (AvgIpc) is 3.29. The number of para-hydroxylation sites is 1. The lowest BCUT2D eigenvalue weighted by atomic mass is 10.1. The zero-order valence-electron chi connectivity index (χ0n) is 16.7. The second-order valence-corrected chi connectivity index (χ2v) is 9.63. The van der Waals surface area contributed by atoms with E-state index in [1.807, 2.05) is 41.8 Å². The minimum Gasteiger partial charge on any atom is -0.354 e. The molecular weight excluding hydrogens is 418 g/mol. The number of nitrogens with zero attached hydrogens (tertiary/aromatic N) is 2. The Kier molecular flexibility index (Phi) is 6.74. The summed E-state index contributed by atoms with van der Waals surface area (Å²) < 4.78 is 0. The van der Waals surface area contributed by atoms with Crippen LogP contribution in [0.3, 0.4) is 0 Å². The Morgan fingerprint density at radius 3 is 2.63 bits per heavy atom. The van der Waals surface area contributed by atoms with E-state index in [1.165, 1.54) is 21.5 Å². The summed E-state index contributed by atoms with van der Waals surface area (Å²) in [6.07, 6.45) is 3.84. The van der Waals surface area contributed by atoms with E-state index in [2.05, 4.69) is 5.32 Å². The lowest BCUT2D eigenvalue weighted by molar-refractivity contribution is -0.135. The van der Waals surface area contributed by atoms with E-state index >= 15 is 0 Å². The van der Waals surface area contributed by atoms with Crippen LogP contribution < -0.4 is 10.2 Å². The number of benzene rings is 1. The fraction of sp³-hybridized carbons (Fsp3) is 0.409. The highest BCUT2D eigenvalue weighted by Gasteiger charge is 2.40. The van der Waals surface area contributed by atoms with Crippen LogP contribution in [0.5, 0.6) is 0 Å². The molecule has 0 saturated carbocycles. The van der Waals surface area contributed by atoms with Crippen LogP contribution in [0.2, 0.25) is 0 Å². The molecule has 0 spiro atoms. The van der Waals surface area contributed by atoms with Crippen LogP contribution >= 0.6 is 23.1 Å². The minimum atomic E-state index is -0.822. The number of carbonyl (C=O) groups is 3. The third-order valence-corrected chi connectivity index (χ3v) is 7.53. The monoisotopic (exact) mass is 443 g/mol. The molecule has 6 nitrogen and oxygen atoms in total. The summed E-state index contributed by atoms with van der Waals surface area (Å²) in [4.78, 5) is 44.2. The molecule has 0 bridgehead atoms. The number of fused-ring (bicyclic) bond motifs is 1. The molecule has 30 heavy (non-hydrogen) atoms. The molecule has 2 aromatic rings. The van der Waals surface area contributed by atoms with Crippen LogP contribution in [-0.4, -0.2) is 54.1 Å². The van der Waals surface area contributed by atoms with Crippen molar-refractivity contribution < 1.29 is 14.4 Å².